The summed E-state index contributed by atoms with van der Waals surface area (Å²) in [6.45, 7) is 0.598. The lowest BCUT2D eigenvalue weighted by Crippen LogP contribution is -2.08. The summed E-state index contributed by atoms with van der Waals surface area (Å²) in [5.74, 6) is 0.00114. The van der Waals surface area contributed by atoms with E-state index in [1.54, 1.807) is 6.07 Å². The van der Waals surface area contributed by atoms with E-state index in [2.05, 4.69) is 4.98 Å². The molecule has 4 aromatic rings. The summed E-state index contributed by atoms with van der Waals surface area (Å²) in [4.78, 5) is 17.3. The molecule has 4 rings (SSSR count). The molecule has 0 aliphatic rings. The summed E-state index contributed by atoms with van der Waals surface area (Å²) in [7, 11) is 0. The lowest BCUT2D eigenvalue weighted by atomic mass is 10.1. The van der Waals surface area contributed by atoms with Crippen molar-refractivity contribution in [2.45, 2.75) is 13.2 Å². The van der Waals surface area contributed by atoms with E-state index < -0.39 is 5.97 Å². The number of hydrogen-bond acceptors (Lipinski definition) is 4. The Balaban J connectivity index is 1.57. The molecule has 0 radical (unpaired) electrons. The van der Waals surface area contributed by atoms with E-state index in [0.717, 1.165) is 16.5 Å². The number of pyridine rings is 1. The van der Waals surface area contributed by atoms with E-state index in [0.29, 0.717) is 23.6 Å². The molecule has 0 aliphatic heterocycles. The smallest absolute Gasteiger partial charge is 0.339 e. The van der Waals surface area contributed by atoms with Crippen LogP contribution < -0.4 is 4.74 Å². The Hall–Kier alpha value is -3.66. The lowest BCUT2D eigenvalue weighted by molar-refractivity contribution is 0.0474. The van der Waals surface area contributed by atoms with E-state index in [1.807, 2.05) is 84.9 Å². The highest BCUT2D eigenvalue weighted by molar-refractivity contribution is 6.03. The molecular formula is C24H19NO3. The maximum absolute atomic E-state index is 12.8. The fourth-order valence-electron chi connectivity index (χ4n) is 2.93. The third-order valence-corrected chi connectivity index (χ3v) is 4.35. The van der Waals surface area contributed by atoms with Crippen molar-refractivity contribution >= 4 is 16.9 Å². The molecule has 0 fully saturated rings. The number of hydrogen-bond donors (Lipinski definition) is 0. The molecule has 0 spiro atoms. The Morgan fingerprint density at radius 2 is 1.36 bits per heavy atom. The van der Waals surface area contributed by atoms with Crippen LogP contribution in [0.3, 0.4) is 0 Å². The van der Waals surface area contributed by atoms with Gasteiger partial charge in [0.25, 0.3) is 0 Å². The molecule has 1 heterocycles. The Labute approximate surface area is 163 Å². The van der Waals surface area contributed by atoms with Gasteiger partial charge in [-0.2, -0.15) is 0 Å². The first-order valence-corrected chi connectivity index (χ1v) is 9.07. The zero-order chi connectivity index (χ0) is 19.2. The van der Waals surface area contributed by atoms with Crippen LogP contribution in [0.2, 0.25) is 0 Å². The van der Waals surface area contributed by atoms with E-state index in [1.165, 1.54) is 0 Å². The monoisotopic (exact) mass is 369 g/mol. The number of carbonyl (C=O) groups is 1. The normalized spacial score (nSPS) is 10.6. The zero-order valence-corrected chi connectivity index (χ0v) is 15.2. The molecule has 0 N–H and O–H groups in total. The second-order valence-electron chi connectivity index (χ2n) is 6.36. The maximum atomic E-state index is 12.8. The van der Waals surface area contributed by atoms with E-state index in [9.17, 15) is 4.79 Å². The molecule has 4 nitrogen and oxygen atoms in total. The predicted octanol–water partition coefficient (Wildman–Crippen LogP) is 5.17. The second-order valence-corrected chi connectivity index (χ2v) is 6.36. The van der Waals surface area contributed by atoms with E-state index >= 15 is 0 Å². The number of para-hydroxylation sites is 1. The molecule has 0 aliphatic carbocycles. The van der Waals surface area contributed by atoms with Gasteiger partial charge in [0, 0.05) is 11.5 Å². The van der Waals surface area contributed by atoms with Gasteiger partial charge in [0.15, 0.2) is 0 Å². The van der Waals surface area contributed by atoms with Crippen LogP contribution in [-0.2, 0) is 18.0 Å². The first-order chi connectivity index (χ1) is 13.8. The van der Waals surface area contributed by atoms with Gasteiger partial charge in [-0.1, -0.05) is 78.9 Å². The van der Waals surface area contributed by atoms with Gasteiger partial charge in [0.1, 0.15) is 13.2 Å². The van der Waals surface area contributed by atoms with Gasteiger partial charge >= 0.3 is 5.97 Å². The Kier molecular flexibility index (Phi) is 5.29. The summed E-state index contributed by atoms with van der Waals surface area (Å²) >= 11 is 0. The van der Waals surface area contributed by atoms with Crippen LogP contribution in [0.1, 0.15) is 21.5 Å². The fraction of sp³-hybridized carbons (Fsp3) is 0.0833. The van der Waals surface area contributed by atoms with Crippen molar-refractivity contribution in [1.29, 1.82) is 0 Å². The molecular weight excluding hydrogens is 350 g/mol. The molecule has 0 atom stereocenters. The van der Waals surface area contributed by atoms with Crippen LogP contribution in [0, 0.1) is 0 Å². The summed E-state index contributed by atoms with van der Waals surface area (Å²) < 4.78 is 11.4. The zero-order valence-electron chi connectivity index (χ0n) is 15.2. The van der Waals surface area contributed by atoms with E-state index in [-0.39, 0.29) is 6.61 Å². The van der Waals surface area contributed by atoms with Gasteiger partial charge in [-0.05, 0) is 17.2 Å². The minimum absolute atomic E-state index is 0.219. The van der Waals surface area contributed by atoms with Crippen LogP contribution >= 0.6 is 0 Å². The molecule has 1 aromatic heterocycles. The molecule has 0 bridgehead atoms. The first kappa shape index (κ1) is 17.7. The molecule has 138 valence electrons. The minimum atomic E-state index is -0.396. The third kappa shape index (κ3) is 4.18. The molecule has 3 aromatic carbocycles. The van der Waals surface area contributed by atoms with Crippen molar-refractivity contribution in [3.63, 3.8) is 0 Å². The van der Waals surface area contributed by atoms with Crippen molar-refractivity contribution in [3.8, 4) is 5.88 Å². The van der Waals surface area contributed by atoms with Crippen molar-refractivity contribution in [3.05, 3.63) is 108 Å². The molecule has 0 saturated heterocycles. The van der Waals surface area contributed by atoms with Crippen LogP contribution in [0.5, 0.6) is 5.88 Å². The summed E-state index contributed by atoms with van der Waals surface area (Å²) in [5.41, 5.74) is 3.12. The van der Waals surface area contributed by atoms with Crippen LogP contribution in [0.15, 0.2) is 91.0 Å². The third-order valence-electron chi connectivity index (χ3n) is 4.35. The number of ether oxygens (including phenoxy) is 2. The highest BCUT2D eigenvalue weighted by Gasteiger charge is 2.15. The van der Waals surface area contributed by atoms with Crippen molar-refractivity contribution in [2.24, 2.45) is 0 Å². The van der Waals surface area contributed by atoms with Gasteiger partial charge in [0.05, 0.1) is 11.1 Å². The van der Waals surface area contributed by atoms with Gasteiger partial charge in [-0.15, -0.1) is 0 Å². The lowest BCUT2D eigenvalue weighted by Gasteiger charge is -2.11. The highest BCUT2D eigenvalue weighted by atomic mass is 16.5. The number of fused-ring (bicyclic) bond motifs is 1. The standard InChI is InChI=1S/C24H19NO3/c26-24(28-17-19-11-5-2-6-12-19)21-15-23(25-22-14-8-7-13-20(21)22)27-16-18-9-3-1-4-10-18/h1-15H,16-17H2. The van der Waals surface area contributed by atoms with Gasteiger partial charge in [0.2, 0.25) is 5.88 Å². The summed E-state index contributed by atoms with van der Waals surface area (Å²) in [6.07, 6.45) is 0. The number of nitrogens with zero attached hydrogens (tertiary/aromatic N) is 1. The maximum Gasteiger partial charge on any atom is 0.339 e. The SMILES string of the molecule is O=C(OCc1ccccc1)c1cc(OCc2ccccc2)nc2ccccc12. The highest BCUT2D eigenvalue weighted by Crippen LogP contribution is 2.24. The molecule has 0 saturated carbocycles. The molecule has 28 heavy (non-hydrogen) atoms. The largest absolute Gasteiger partial charge is 0.473 e. The molecule has 0 unspecified atom stereocenters. The average molecular weight is 369 g/mol. The Bertz CT molecular complexity index is 1080. The number of esters is 1. The predicted molar refractivity (Wildman–Crippen MR) is 108 cm³/mol. The van der Waals surface area contributed by atoms with Crippen LogP contribution in [0.25, 0.3) is 10.9 Å². The summed E-state index contributed by atoms with van der Waals surface area (Å²) in [5, 5.41) is 0.743. The van der Waals surface area contributed by atoms with Crippen LogP contribution in [0.4, 0.5) is 0 Å². The number of carbonyl (C=O) groups excluding carboxylic acids is 1. The Morgan fingerprint density at radius 1 is 0.750 bits per heavy atom. The number of benzene rings is 3. The van der Waals surface area contributed by atoms with Gasteiger partial charge in [-0.3, -0.25) is 0 Å². The number of aromatic nitrogens is 1. The first-order valence-electron chi connectivity index (χ1n) is 9.07. The quantitative estimate of drug-likeness (QED) is 0.440. The van der Waals surface area contributed by atoms with Crippen LogP contribution in [-0.4, -0.2) is 11.0 Å². The van der Waals surface area contributed by atoms with E-state index in [4.69, 9.17) is 9.47 Å². The molecule has 0 amide bonds. The second kappa shape index (κ2) is 8.35. The summed E-state index contributed by atoms with van der Waals surface area (Å²) in [6, 6.07) is 28.6. The number of rotatable bonds is 6. The van der Waals surface area contributed by atoms with Crippen molar-refractivity contribution in [1.82, 2.24) is 4.98 Å². The van der Waals surface area contributed by atoms with Gasteiger partial charge in [-0.25, -0.2) is 9.78 Å². The van der Waals surface area contributed by atoms with Crippen molar-refractivity contribution in [2.75, 3.05) is 0 Å². The average Bonchev–Trinajstić information content (AvgIpc) is 2.77. The topological polar surface area (TPSA) is 48.4 Å². The van der Waals surface area contributed by atoms with Crippen molar-refractivity contribution < 1.29 is 14.3 Å². The van der Waals surface area contributed by atoms with Gasteiger partial charge < -0.3 is 9.47 Å². The minimum Gasteiger partial charge on any atom is -0.473 e. The Morgan fingerprint density at radius 3 is 2.07 bits per heavy atom. The fourth-order valence-corrected chi connectivity index (χ4v) is 2.93. The molecule has 4 heteroatoms.